The predicted octanol–water partition coefficient (Wildman–Crippen LogP) is 4.41. The van der Waals surface area contributed by atoms with Gasteiger partial charge in [0.15, 0.2) is 0 Å². The number of hydrogen-bond donors (Lipinski definition) is 1. The molecule has 1 rings (SSSR count). The molecule has 1 unspecified atom stereocenters. The molecular weight excluding hydrogens is 274 g/mol. The first-order chi connectivity index (χ1) is 10.7. The Morgan fingerprint density at radius 2 is 1.64 bits per heavy atom. The fourth-order valence-corrected chi connectivity index (χ4v) is 2.60. The van der Waals surface area contributed by atoms with Crippen molar-refractivity contribution < 1.29 is 9.84 Å². The van der Waals surface area contributed by atoms with Crippen molar-refractivity contribution in [3.8, 4) is 5.75 Å². The highest BCUT2D eigenvalue weighted by molar-refractivity contribution is 5.35. The van der Waals surface area contributed by atoms with Crippen molar-refractivity contribution in [2.45, 2.75) is 59.0 Å². The van der Waals surface area contributed by atoms with Gasteiger partial charge in [0, 0.05) is 12.1 Å². The third kappa shape index (κ3) is 6.80. The number of para-hydroxylation sites is 1. The van der Waals surface area contributed by atoms with Gasteiger partial charge in [-0.15, -0.1) is 0 Å². The average Bonchev–Trinajstić information content (AvgIpc) is 2.54. The van der Waals surface area contributed by atoms with Crippen LogP contribution >= 0.6 is 0 Å². The summed E-state index contributed by atoms with van der Waals surface area (Å²) in [6, 6.07) is 7.83. The molecule has 0 amide bonds. The van der Waals surface area contributed by atoms with E-state index in [2.05, 4.69) is 18.7 Å². The van der Waals surface area contributed by atoms with Crippen molar-refractivity contribution >= 4 is 0 Å². The van der Waals surface area contributed by atoms with Crippen LogP contribution in [0.3, 0.4) is 0 Å². The molecule has 3 nitrogen and oxygen atoms in total. The fourth-order valence-electron chi connectivity index (χ4n) is 2.60. The van der Waals surface area contributed by atoms with E-state index >= 15 is 0 Å². The molecule has 0 saturated heterocycles. The van der Waals surface area contributed by atoms with Gasteiger partial charge in [-0.05, 0) is 45.3 Å². The molecule has 0 aromatic heterocycles. The third-order valence-electron chi connectivity index (χ3n) is 3.95. The lowest BCUT2D eigenvalue weighted by Crippen LogP contribution is -2.28. The minimum Gasteiger partial charge on any atom is -0.493 e. The van der Waals surface area contributed by atoms with Gasteiger partial charge < -0.3 is 14.7 Å². The predicted molar refractivity (Wildman–Crippen MR) is 93.4 cm³/mol. The second kappa shape index (κ2) is 11.5. The van der Waals surface area contributed by atoms with Crippen molar-refractivity contribution in [3.63, 3.8) is 0 Å². The molecule has 3 heteroatoms. The van der Waals surface area contributed by atoms with E-state index in [0.29, 0.717) is 6.61 Å². The van der Waals surface area contributed by atoms with Gasteiger partial charge in [0.1, 0.15) is 5.75 Å². The van der Waals surface area contributed by atoms with Gasteiger partial charge in [0.2, 0.25) is 0 Å². The summed E-state index contributed by atoms with van der Waals surface area (Å²) in [7, 11) is 0. The summed E-state index contributed by atoms with van der Waals surface area (Å²) in [5.74, 6) is 0.811. The molecule has 126 valence electrons. The summed E-state index contributed by atoms with van der Waals surface area (Å²) < 4.78 is 5.62. The second-order valence-electron chi connectivity index (χ2n) is 5.82. The van der Waals surface area contributed by atoms with Crippen LogP contribution < -0.4 is 4.74 Å². The van der Waals surface area contributed by atoms with Crippen molar-refractivity contribution in [1.29, 1.82) is 0 Å². The zero-order valence-electron chi connectivity index (χ0n) is 14.6. The van der Waals surface area contributed by atoms with Gasteiger partial charge in [0.25, 0.3) is 0 Å². The molecule has 0 aliphatic carbocycles. The van der Waals surface area contributed by atoms with Crippen molar-refractivity contribution in [2.75, 3.05) is 26.2 Å². The Labute approximate surface area is 136 Å². The molecule has 1 N–H and O–H groups in total. The van der Waals surface area contributed by atoms with E-state index in [9.17, 15) is 5.11 Å². The minimum atomic E-state index is -0.450. The maximum absolute atomic E-state index is 10.5. The van der Waals surface area contributed by atoms with E-state index in [1.165, 1.54) is 25.7 Å². The number of aliphatic hydroxyl groups excluding tert-OH is 1. The standard InChI is InChI=1S/C19H33NO2/c1-4-7-14-20(15-8-5-2)16-13-18(21)17-11-9-10-12-19(17)22-6-3/h9-12,18,21H,4-8,13-16H2,1-3H3. The topological polar surface area (TPSA) is 32.7 Å². The molecule has 0 aliphatic rings. The molecule has 0 saturated carbocycles. The van der Waals surface area contributed by atoms with Gasteiger partial charge in [-0.25, -0.2) is 0 Å². The number of benzene rings is 1. The number of nitrogens with zero attached hydrogens (tertiary/aromatic N) is 1. The first-order valence-corrected chi connectivity index (χ1v) is 8.85. The van der Waals surface area contributed by atoms with Crippen LogP contribution in [0.5, 0.6) is 5.75 Å². The third-order valence-corrected chi connectivity index (χ3v) is 3.95. The number of hydrogen-bond acceptors (Lipinski definition) is 3. The molecule has 0 fully saturated rings. The zero-order valence-corrected chi connectivity index (χ0v) is 14.6. The van der Waals surface area contributed by atoms with Crippen LogP contribution in [0.15, 0.2) is 24.3 Å². The maximum Gasteiger partial charge on any atom is 0.125 e. The Morgan fingerprint density at radius 1 is 1.00 bits per heavy atom. The van der Waals surface area contributed by atoms with Crippen LogP contribution in [0.2, 0.25) is 0 Å². The van der Waals surface area contributed by atoms with Gasteiger partial charge in [-0.1, -0.05) is 44.9 Å². The molecule has 0 aliphatic heterocycles. The highest BCUT2D eigenvalue weighted by atomic mass is 16.5. The van der Waals surface area contributed by atoms with E-state index < -0.39 is 6.10 Å². The summed E-state index contributed by atoms with van der Waals surface area (Å²) in [6.45, 7) is 10.3. The molecule has 0 spiro atoms. The Kier molecular flexibility index (Phi) is 9.93. The number of rotatable bonds is 12. The summed E-state index contributed by atoms with van der Waals surface area (Å²) in [5, 5.41) is 10.5. The summed E-state index contributed by atoms with van der Waals surface area (Å²) in [6.07, 6.45) is 5.22. The number of unbranched alkanes of at least 4 members (excludes halogenated alkanes) is 2. The molecule has 0 radical (unpaired) electrons. The maximum atomic E-state index is 10.5. The van der Waals surface area contributed by atoms with Crippen molar-refractivity contribution in [1.82, 2.24) is 4.90 Å². The highest BCUT2D eigenvalue weighted by Crippen LogP contribution is 2.27. The Bertz CT molecular complexity index is 387. The van der Waals surface area contributed by atoms with E-state index in [4.69, 9.17) is 4.74 Å². The molecule has 1 atom stereocenters. The largest absolute Gasteiger partial charge is 0.493 e. The van der Waals surface area contributed by atoms with E-state index in [1.807, 2.05) is 31.2 Å². The van der Waals surface area contributed by atoms with Crippen molar-refractivity contribution in [3.05, 3.63) is 29.8 Å². The first kappa shape index (κ1) is 19.0. The van der Waals surface area contributed by atoms with E-state index in [1.54, 1.807) is 0 Å². The first-order valence-electron chi connectivity index (χ1n) is 8.85. The van der Waals surface area contributed by atoms with Crippen LogP contribution in [-0.2, 0) is 0 Å². The SMILES string of the molecule is CCCCN(CCCC)CCC(O)c1ccccc1OCC. The Hall–Kier alpha value is -1.06. The van der Waals surface area contributed by atoms with Gasteiger partial charge in [-0.3, -0.25) is 0 Å². The van der Waals surface area contributed by atoms with Crippen LogP contribution in [0.25, 0.3) is 0 Å². The Morgan fingerprint density at radius 3 is 2.23 bits per heavy atom. The molecule has 0 bridgehead atoms. The smallest absolute Gasteiger partial charge is 0.125 e. The van der Waals surface area contributed by atoms with Crippen LogP contribution in [0.1, 0.15) is 64.5 Å². The summed E-state index contributed by atoms with van der Waals surface area (Å²) in [5.41, 5.74) is 0.912. The zero-order chi connectivity index (χ0) is 16.2. The lowest BCUT2D eigenvalue weighted by atomic mass is 10.0. The molecule has 0 heterocycles. The lowest BCUT2D eigenvalue weighted by Gasteiger charge is -2.24. The van der Waals surface area contributed by atoms with Gasteiger partial charge >= 0.3 is 0 Å². The Balaban J connectivity index is 2.56. The van der Waals surface area contributed by atoms with E-state index in [-0.39, 0.29) is 0 Å². The van der Waals surface area contributed by atoms with Crippen LogP contribution in [-0.4, -0.2) is 36.2 Å². The van der Waals surface area contributed by atoms with Crippen molar-refractivity contribution in [2.24, 2.45) is 0 Å². The highest BCUT2D eigenvalue weighted by Gasteiger charge is 2.14. The molecular formula is C19H33NO2. The quantitative estimate of drug-likeness (QED) is 0.621. The summed E-state index contributed by atoms with van der Waals surface area (Å²) >= 11 is 0. The van der Waals surface area contributed by atoms with Crippen LogP contribution in [0.4, 0.5) is 0 Å². The fraction of sp³-hybridized carbons (Fsp3) is 0.684. The van der Waals surface area contributed by atoms with Gasteiger partial charge in [0.05, 0.1) is 12.7 Å². The number of ether oxygens (including phenoxy) is 1. The monoisotopic (exact) mass is 307 g/mol. The lowest BCUT2D eigenvalue weighted by molar-refractivity contribution is 0.136. The number of aliphatic hydroxyl groups is 1. The second-order valence-corrected chi connectivity index (χ2v) is 5.82. The normalized spacial score (nSPS) is 12.6. The van der Waals surface area contributed by atoms with Crippen LogP contribution in [0, 0.1) is 0 Å². The average molecular weight is 307 g/mol. The van der Waals surface area contributed by atoms with E-state index in [0.717, 1.165) is 37.4 Å². The molecule has 1 aromatic carbocycles. The minimum absolute atomic E-state index is 0.450. The molecule has 1 aromatic rings. The summed E-state index contributed by atoms with van der Waals surface area (Å²) in [4.78, 5) is 2.49. The van der Waals surface area contributed by atoms with Gasteiger partial charge in [-0.2, -0.15) is 0 Å². The molecule has 22 heavy (non-hydrogen) atoms.